The molecule has 0 atom stereocenters. The van der Waals surface area contributed by atoms with Crippen molar-refractivity contribution >= 4 is 33.3 Å². The predicted molar refractivity (Wildman–Crippen MR) is 67.9 cm³/mol. The van der Waals surface area contributed by atoms with Gasteiger partial charge < -0.3 is 4.90 Å². The number of hydrogen-bond donors (Lipinski definition) is 0. The van der Waals surface area contributed by atoms with Crippen LogP contribution >= 0.6 is 27.5 Å². The van der Waals surface area contributed by atoms with Crippen LogP contribution in [0.15, 0.2) is 12.3 Å². The lowest BCUT2D eigenvalue weighted by Gasteiger charge is -2.34. The van der Waals surface area contributed by atoms with Crippen molar-refractivity contribution in [2.75, 3.05) is 18.5 Å². The van der Waals surface area contributed by atoms with Gasteiger partial charge in [-0.1, -0.05) is 27.5 Å². The van der Waals surface area contributed by atoms with Gasteiger partial charge in [0.05, 0.1) is 5.02 Å². The van der Waals surface area contributed by atoms with Crippen LogP contribution in [0.3, 0.4) is 0 Å². The first-order valence-corrected chi connectivity index (χ1v) is 6.52. The summed E-state index contributed by atoms with van der Waals surface area (Å²) in [5.74, 6) is 0.651. The maximum atomic E-state index is 13.6. The highest BCUT2D eigenvalue weighted by Crippen LogP contribution is 2.34. The normalized spacial score (nSPS) is 24.0. The molecule has 1 aliphatic carbocycles. The van der Waals surface area contributed by atoms with E-state index in [4.69, 9.17) is 11.6 Å². The van der Waals surface area contributed by atoms with Crippen LogP contribution in [-0.2, 0) is 0 Å². The fraction of sp³-hybridized carbons (Fsp3) is 0.545. The highest BCUT2D eigenvalue weighted by atomic mass is 79.9. The predicted octanol–water partition coefficient (Wildman–Crippen LogP) is 3.48. The SMILES string of the molecule is CN(CC1CC(Br)C1)c1ncc(Cl)cc1F. The van der Waals surface area contributed by atoms with Gasteiger partial charge in [0.25, 0.3) is 0 Å². The highest BCUT2D eigenvalue weighted by molar-refractivity contribution is 9.09. The molecule has 2 nitrogen and oxygen atoms in total. The molecule has 0 aliphatic heterocycles. The van der Waals surface area contributed by atoms with Crippen molar-refractivity contribution in [3.05, 3.63) is 23.1 Å². The van der Waals surface area contributed by atoms with Gasteiger partial charge >= 0.3 is 0 Å². The molecule has 16 heavy (non-hydrogen) atoms. The maximum Gasteiger partial charge on any atom is 0.167 e. The Bertz CT molecular complexity index is 382. The molecule has 0 amide bonds. The van der Waals surface area contributed by atoms with E-state index in [1.54, 1.807) is 0 Å². The lowest BCUT2D eigenvalue weighted by Crippen LogP contribution is -2.35. The molecule has 0 radical (unpaired) electrons. The molecular weight excluding hydrogens is 294 g/mol. The number of nitrogens with zero attached hydrogens (tertiary/aromatic N) is 2. The molecule has 0 unspecified atom stereocenters. The van der Waals surface area contributed by atoms with Crippen LogP contribution in [0, 0.1) is 11.7 Å². The van der Waals surface area contributed by atoms with Crippen LogP contribution in [-0.4, -0.2) is 23.4 Å². The highest BCUT2D eigenvalue weighted by Gasteiger charge is 2.28. The summed E-state index contributed by atoms with van der Waals surface area (Å²) in [5, 5.41) is 0.332. The molecule has 0 N–H and O–H groups in total. The average Bonchev–Trinajstić information content (AvgIpc) is 2.15. The smallest absolute Gasteiger partial charge is 0.167 e. The van der Waals surface area contributed by atoms with Crippen molar-refractivity contribution in [2.24, 2.45) is 5.92 Å². The Kier molecular flexibility index (Phi) is 3.70. The zero-order valence-electron chi connectivity index (χ0n) is 8.96. The Morgan fingerprint density at radius 3 is 2.88 bits per heavy atom. The van der Waals surface area contributed by atoms with Gasteiger partial charge in [0.15, 0.2) is 11.6 Å². The lowest BCUT2D eigenvalue weighted by atomic mass is 9.85. The topological polar surface area (TPSA) is 16.1 Å². The van der Waals surface area contributed by atoms with Crippen molar-refractivity contribution < 1.29 is 4.39 Å². The summed E-state index contributed by atoms with van der Waals surface area (Å²) >= 11 is 9.20. The van der Waals surface area contributed by atoms with Crippen molar-refractivity contribution in [2.45, 2.75) is 17.7 Å². The zero-order chi connectivity index (χ0) is 11.7. The third-order valence-corrected chi connectivity index (χ3v) is 3.81. The first-order chi connectivity index (χ1) is 7.56. The second-order valence-corrected chi connectivity index (χ2v) is 6.01. The first-order valence-electron chi connectivity index (χ1n) is 5.22. The van der Waals surface area contributed by atoms with E-state index in [0.29, 0.717) is 21.6 Å². The van der Waals surface area contributed by atoms with Crippen molar-refractivity contribution in [3.63, 3.8) is 0 Å². The van der Waals surface area contributed by atoms with E-state index in [0.717, 1.165) is 19.4 Å². The molecule has 1 aromatic rings. The fourth-order valence-corrected chi connectivity index (χ4v) is 3.17. The van der Waals surface area contributed by atoms with E-state index < -0.39 is 0 Å². The van der Waals surface area contributed by atoms with E-state index in [9.17, 15) is 4.39 Å². The number of aromatic nitrogens is 1. The zero-order valence-corrected chi connectivity index (χ0v) is 11.3. The molecule has 1 aliphatic rings. The van der Waals surface area contributed by atoms with Crippen molar-refractivity contribution in [1.82, 2.24) is 4.98 Å². The fourth-order valence-electron chi connectivity index (χ4n) is 1.97. The third kappa shape index (κ3) is 2.66. The number of hydrogen-bond acceptors (Lipinski definition) is 2. The van der Waals surface area contributed by atoms with Gasteiger partial charge in [-0.25, -0.2) is 9.37 Å². The quantitative estimate of drug-likeness (QED) is 0.795. The Morgan fingerprint density at radius 1 is 1.62 bits per heavy atom. The van der Waals surface area contributed by atoms with Gasteiger partial charge in [-0.05, 0) is 24.8 Å². The number of pyridine rings is 1. The standard InChI is InChI=1S/C11H13BrClFN2/c1-16(6-7-2-8(12)3-7)11-10(14)4-9(13)5-15-11/h4-5,7-8H,2-3,6H2,1H3. The molecule has 1 heterocycles. The molecule has 1 aromatic heterocycles. The molecule has 1 saturated carbocycles. The minimum absolute atomic E-state index is 0.332. The van der Waals surface area contributed by atoms with Gasteiger partial charge in [0.2, 0.25) is 0 Å². The number of anilines is 1. The monoisotopic (exact) mass is 306 g/mol. The van der Waals surface area contributed by atoms with Crippen LogP contribution in [0.25, 0.3) is 0 Å². The van der Waals surface area contributed by atoms with E-state index in [1.165, 1.54) is 12.3 Å². The van der Waals surface area contributed by atoms with Crippen molar-refractivity contribution in [3.8, 4) is 0 Å². The van der Waals surface area contributed by atoms with E-state index in [1.807, 2.05) is 11.9 Å². The Balaban J connectivity index is 2.00. The minimum Gasteiger partial charge on any atom is -0.357 e. The van der Waals surface area contributed by atoms with Crippen molar-refractivity contribution in [1.29, 1.82) is 0 Å². The number of rotatable bonds is 3. The molecule has 0 saturated heterocycles. The summed E-state index contributed by atoms with van der Waals surface area (Å²) in [7, 11) is 1.86. The van der Waals surface area contributed by atoms with Crippen LogP contribution in [0.1, 0.15) is 12.8 Å². The van der Waals surface area contributed by atoms with Gasteiger partial charge in [0.1, 0.15) is 0 Å². The minimum atomic E-state index is -0.357. The van der Waals surface area contributed by atoms with E-state index in [2.05, 4.69) is 20.9 Å². The second-order valence-electron chi connectivity index (χ2n) is 4.27. The summed E-state index contributed by atoms with van der Waals surface area (Å²) in [5.41, 5.74) is 0. The second kappa shape index (κ2) is 4.88. The van der Waals surface area contributed by atoms with Gasteiger partial charge in [-0.15, -0.1) is 0 Å². The third-order valence-electron chi connectivity index (χ3n) is 2.86. The molecule has 1 fully saturated rings. The Morgan fingerprint density at radius 2 is 2.31 bits per heavy atom. The van der Waals surface area contributed by atoms with Gasteiger partial charge in [-0.3, -0.25) is 0 Å². The van der Waals surface area contributed by atoms with E-state index >= 15 is 0 Å². The number of alkyl halides is 1. The lowest BCUT2D eigenvalue weighted by molar-refractivity contribution is 0.337. The molecule has 0 spiro atoms. The summed E-state index contributed by atoms with van der Waals surface area (Å²) in [6.45, 7) is 0.841. The molecule has 2 rings (SSSR count). The van der Waals surface area contributed by atoms with E-state index in [-0.39, 0.29) is 5.82 Å². The molecule has 0 bridgehead atoms. The number of halogens is 3. The maximum absolute atomic E-state index is 13.6. The van der Waals surface area contributed by atoms with Crippen LogP contribution < -0.4 is 4.90 Å². The molecule has 88 valence electrons. The van der Waals surface area contributed by atoms with Crippen LogP contribution in [0.5, 0.6) is 0 Å². The van der Waals surface area contributed by atoms with Crippen LogP contribution in [0.4, 0.5) is 10.2 Å². The average molecular weight is 308 g/mol. The Labute approximate surface area is 108 Å². The molecular formula is C11H13BrClFN2. The Hall–Kier alpha value is -0.350. The molecule has 0 aromatic carbocycles. The first kappa shape index (κ1) is 12.1. The van der Waals surface area contributed by atoms with Crippen LogP contribution in [0.2, 0.25) is 5.02 Å². The van der Waals surface area contributed by atoms with Gasteiger partial charge in [0, 0.05) is 24.6 Å². The summed E-state index contributed by atoms with van der Waals surface area (Å²) in [6, 6.07) is 1.30. The summed E-state index contributed by atoms with van der Waals surface area (Å²) in [4.78, 5) is 6.51. The summed E-state index contributed by atoms with van der Waals surface area (Å²) in [6.07, 6.45) is 3.78. The largest absolute Gasteiger partial charge is 0.357 e. The van der Waals surface area contributed by atoms with Gasteiger partial charge in [-0.2, -0.15) is 0 Å². The summed E-state index contributed by atoms with van der Waals surface area (Å²) < 4.78 is 13.6. The molecule has 5 heteroatoms.